The maximum Gasteiger partial charge on any atom is 0.330 e. The van der Waals surface area contributed by atoms with E-state index in [0.29, 0.717) is 5.56 Å². The van der Waals surface area contributed by atoms with E-state index in [1.807, 2.05) is 0 Å². The van der Waals surface area contributed by atoms with Gasteiger partial charge in [0.2, 0.25) is 0 Å². The maximum atomic E-state index is 12.0. The highest BCUT2D eigenvalue weighted by atomic mass is 16.5. The molecule has 5 nitrogen and oxygen atoms in total. The van der Waals surface area contributed by atoms with E-state index >= 15 is 0 Å². The first kappa shape index (κ1) is 13.2. The van der Waals surface area contributed by atoms with E-state index in [2.05, 4.69) is 4.74 Å². The van der Waals surface area contributed by atoms with Gasteiger partial charge in [-0.2, -0.15) is 0 Å². The van der Waals surface area contributed by atoms with E-state index in [4.69, 9.17) is 5.11 Å². The van der Waals surface area contributed by atoms with Crippen molar-refractivity contribution in [2.45, 2.75) is 6.04 Å². The Balaban J connectivity index is 2.85. The SMILES string of the molecule is COC(=O)C(CO)N(C)C(=O)c1ccccc1. The minimum atomic E-state index is -0.979. The van der Waals surface area contributed by atoms with Gasteiger partial charge in [-0.25, -0.2) is 4.79 Å². The predicted molar refractivity (Wildman–Crippen MR) is 61.4 cm³/mol. The van der Waals surface area contributed by atoms with Crippen molar-refractivity contribution in [3.05, 3.63) is 35.9 Å². The highest BCUT2D eigenvalue weighted by molar-refractivity contribution is 5.96. The van der Waals surface area contributed by atoms with Crippen molar-refractivity contribution >= 4 is 11.9 Å². The zero-order valence-electron chi connectivity index (χ0n) is 9.79. The Morgan fingerprint density at radius 2 is 1.94 bits per heavy atom. The summed E-state index contributed by atoms with van der Waals surface area (Å²) in [7, 11) is 2.67. The number of methoxy groups -OCH3 is 1. The van der Waals surface area contributed by atoms with Crippen molar-refractivity contribution in [1.29, 1.82) is 0 Å². The van der Waals surface area contributed by atoms with Crippen LogP contribution in [0.2, 0.25) is 0 Å². The minimum Gasteiger partial charge on any atom is -0.467 e. The van der Waals surface area contributed by atoms with Gasteiger partial charge in [0.25, 0.3) is 5.91 Å². The first-order valence-corrected chi connectivity index (χ1v) is 5.12. The zero-order valence-corrected chi connectivity index (χ0v) is 9.79. The summed E-state index contributed by atoms with van der Waals surface area (Å²) in [5, 5.41) is 9.10. The monoisotopic (exact) mass is 237 g/mol. The fraction of sp³-hybridized carbons (Fsp3) is 0.333. The number of hydrogen-bond donors (Lipinski definition) is 1. The second-order valence-corrected chi connectivity index (χ2v) is 3.50. The summed E-state index contributed by atoms with van der Waals surface area (Å²) in [5.41, 5.74) is 0.456. The molecular formula is C12H15NO4. The summed E-state index contributed by atoms with van der Waals surface area (Å²) in [6, 6.07) is 7.56. The Kier molecular flexibility index (Phi) is 4.66. The van der Waals surface area contributed by atoms with Crippen molar-refractivity contribution in [1.82, 2.24) is 4.90 Å². The van der Waals surface area contributed by atoms with Crippen LogP contribution in [-0.2, 0) is 9.53 Å². The number of esters is 1. The van der Waals surface area contributed by atoms with Crippen molar-refractivity contribution in [2.75, 3.05) is 20.8 Å². The molecule has 0 aliphatic carbocycles. The first-order chi connectivity index (χ1) is 8.11. The summed E-state index contributed by atoms with van der Waals surface area (Å²) in [4.78, 5) is 24.5. The topological polar surface area (TPSA) is 66.8 Å². The molecule has 0 aromatic heterocycles. The van der Waals surface area contributed by atoms with Crippen LogP contribution in [0.5, 0.6) is 0 Å². The number of benzene rings is 1. The Morgan fingerprint density at radius 1 is 1.35 bits per heavy atom. The van der Waals surface area contributed by atoms with Gasteiger partial charge < -0.3 is 14.7 Å². The normalized spacial score (nSPS) is 11.7. The van der Waals surface area contributed by atoms with E-state index in [-0.39, 0.29) is 5.91 Å². The molecule has 1 amide bonds. The minimum absolute atomic E-state index is 0.338. The van der Waals surface area contributed by atoms with Crippen molar-refractivity contribution in [3.8, 4) is 0 Å². The average molecular weight is 237 g/mol. The van der Waals surface area contributed by atoms with E-state index in [1.165, 1.54) is 19.1 Å². The van der Waals surface area contributed by atoms with Gasteiger partial charge in [-0.15, -0.1) is 0 Å². The molecule has 0 radical (unpaired) electrons. The average Bonchev–Trinajstić information content (AvgIpc) is 2.39. The number of amides is 1. The largest absolute Gasteiger partial charge is 0.467 e. The van der Waals surface area contributed by atoms with Gasteiger partial charge in [-0.3, -0.25) is 4.79 Å². The number of ether oxygens (including phenoxy) is 1. The van der Waals surface area contributed by atoms with Gasteiger partial charge in [0, 0.05) is 12.6 Å². The van der Waals surface area contributed by atoms with E-state index in [1.54, 1.807) is 30.3 Å². The summed E-state index contributed by atoms with van der Waals surface area (Å²) in [5.74, 6) is -0.977. The predicted octanol–water partition coefficient (Wildman–Crippen LogP) is 0.292. The fourth-order valence-corrected chi connectivity index (χ4v) is 1.42. The maximum absolute atomic E-state index is 12.0. The van der Waals surface area contributed by atoms with Crippen LogP contribution in [0, 0.1) is 0 Å². The molecule has 1 aromatic rings. The number of nitrogens with zero attached hydrogens (tertiary/aromatic N) is 1. The molecule has 1 unspecified atom stereocenters. The van der Waals surface area contributed by atoms with Gasteiger partial charge in [0.1, 0.15) is 0 Å². The molecule has 17 heavy (non-hydrogen) atoms. The van der Waals surface area contributed by atoms with Gasteiger partial charge in [0.05, 0.1) is 13.7 Å². The lowest BCUT2D eigenvalue weighted by Gasteiger charge is -2.24. The summed E-state index contributed by atoms with van der Waals surface area (Å²) < 4.78 is 4.52. The van der Waals surface area contributed by atoms with Crippen molar-refractivity contribution in [3.63, 3.8) is 0 Å². The van der Waals surface area contributed by atoms with Crippen LogP contribution in [0.15, 0.2) is 30.3 Å². The van der Waals surface area contributed by atoms with Crippen LogP contribution in [0.1, 0.15) is 10.4 Å². The van der Waals surface area contributed by atoms with Crippen molar-refractivity contribution in [2.24, 2.45) is 0 Å². The third-order valence-corrected chi connectivity index (χ3v) is 2.45. The molecular weight excluding hydrogens is 222 g/mol. The number of carbonyl (C=O) groups is 2. The number of carbonyl (C=O) groups excluding carboxylic acids is 2. The molecule has 1 aromatic carbocycles. The van der Waals surface area contributed by atoms with Gasteiger partial charge in [0.15, 0.2) is 6.04 Å². The third-order valence-electron chi connectivity index (χ3n) is 2.45. The van der Waals surface area contributed by atoms with Crippen LogP contribution in [0.25, 0.3) is 0 Å². The summed E-state index contributed by atoms with van der Waals surface area (Å²) in [6.45, 7) is -0.470. The number of likely N-dealkylation sites (N-methyl/N-ethyl adjacent to an activating group) is 1. The van der Waals surface area contributed by atoms with E-state index < -0.39 is 18.6 Å². The van der Waals surface area contributed by atoms with Crippen molar-refractivity contribution < 1.29 is 19.4 Å². The summed E-state index contributed by atoms with van der Waals surface area (Å²) >= 11 is 0. The molecule has 0 fully saturated rings. The van der Waals surface area contributed by atoms with Gasteiger partial charge in [-0.1, -0.05) is 18.2 Å². The third kappa shape index (κ3) is 3.04. The number of aliphatic hydroxyl groups excluding tert-OH is 1. The molecule has 0 spiro atoms. The molecule has 5 heteroatoms. The second-order valence-electron chi connectivity index (χ2n) is 3.50. The van der Waals surface area contributed by atoms with Crippen LogP contribution in [0.3, 0.4) is 0 Å². The fourth-order valence-electron chi connectivity index (χ4n) is 1.42. The van der Waals surface area contributed by atoms with Crippen LogP contribution < -0.4 is 0 Å². The molecule has 1 atom stereocenters. The summed E-state index contributed by atoms with van der Waals surface area (Å²) in [6.07, 6.45) is 0. The molecule has 0 aliphatic heterocycles. The van der Waals surface area contributed by atoms with Crippen LogP contribution >= 0.6 is 0 Å². The number of rotatable bonds is 4. The van der Waals surface area contributed by atoms with E-state index in [9.17, 15) is 9.59 Å². The lowest BCUT2D eigenvalue weighted by Crippen LogP contribution is -2.45. The quantitative estimate of drug-likeness (QED) is 0.764. The number of hydrogen-bond acceptors (Lipinski definition) is 4. The lowest BCUT2D eigenvalue weighted by atomic mass is 10.1. The second kappa shape index (κ2) is 6.00. The molecule has 1 rings (SSSR count). The lowest BCUT2D eigenvalue weighted by molar-refractivity contribution is -0.146. The first-order valence-electron chi connectivity index (χ1n) is 5.12. The Labute approximate surface area is 99.6 Å². The smallest absolute Gasteiger partial charge is 0.330 e. The molecule has 92 valence electrons. The Hall–Kier alpha value is -1.88. The van der Waals surface area contributed by atoms with Crippen LogP contribution in [0.4, 0.5) is 0 Å². The molecule has 0 bridgehead atoms. The number of aliphatic hydroxyl groups is 1. The molecule has 0 saturated heterocycles. The molecule has 0 aliphatic rings. The highest BCUT2D eigenvalue weighted by Crippen LogP contribution is 2.07. The standard InChI is InChI=1S/C12H15NO4/c1-13(10(8-14)12(16)17-2)11(15)9-6-4-3-5-7-9/h3-7,10,14H,8H2,1-2H3. The van der Waals surface area contributed by atoms with Crippen LogP contribution in [-0.4, -0.2) is 48.7 Å². The Morgan fingerprint density at radius 3 is 2.41 bits per heavy atom. The zero-order chi connectivity index (χ0) is 12.8. The Bertz CT molecular complexity index is 391. The highest BCUT2D eigenvalue weighted by Gasteiger charge is 2.27. The van der Waals surface area contributed by atoms with Gasteiger partial charge in [-0.05, 0) is 12.1 Å². The van der Waals surface area contributed by atoms with E-state index in [0.717, 1.165) is 0 Å². The van der Waals surface area contributed by atoms with Gasteiger partial charge >= 0.3 is 5.97 Å². The molecule has 0 saturated carbocycles. The molecule has 1 N–H and O–H groups in total. The molecule has 0 heterocycles.